The predicted molar refractivity (Wildman–Crippen MR) is 81.9 cm³/mol. The van der Waals surface area contributed by atoms with Crippen LogP contribution in [-0.2, 0) is 16.0 Å². The molecule has 2 aromatic rings. The molecule has 108 valence electrons. The minimum absolute atomic E-state index is 0.120. The lowest BCUT2D eigenvalue weighted by Crippen LogP contribution is -2.18. The molecule has 0 aromatic heterocycles. The van der Waals surface area contributed by atoms with Crippen LogP contribution in [0.5, 0.6) is 0 Å². The molecule has 0 bridgehead atoms. The van der Waals surface area contributed by atoms with Crippen LogP contribution in [0.4, 0.5) is 0 Å². The van der Waals surface area contributed by atoms with Crippen molar-refractivity contribution in [1.82, 2.24) is 4.72 Å². The van der Waals surface area contributed by atoms with Gasteiger partial charge in [-0.2, -0.15) is 0 Å². The van der Waals surface area contributed by atoms with Crippen LogP contribution in [-0.4, -0.2) is 19.0 Å². The first-order chi connectivity index (χ1) is 10.2. The molecule has 0 heterocycles. The van der Waals surface area contributed by atoms with Crippen molar-refractivity contribution in [2.75, 3.05) is 7.11 Å². The Kier molecular flexibility index (Phi) is 5.40. The smallest absolute Gasteiger partial charge is 0.339 e. The maximum Gasteiger partial charge on any atom is 0.339 e. The lowest BCUT2D eigenvalue weighted by molar-refractivity contribution is -0.118. The van der Waals surface area contributed by atoms with E-state index in [1.54, 1.807) is 24.3 Å². The van der Waals surface area contributed by atoms with Gasteiger partial charge in [0.05, 0.1) is 19.1 Å². The number of hydrogen-bond donors (Lipinski definition) is 1. The van der Waals surface area contributed by atoms with Crippen LogP contribution < -0.4 is 4.72 Å². The van der Waals surface area contributed by atoms with Gasteiger partial charge < -0.3 is 4.74 Å². The van der Waals surface area contributed by atoms with Gasteiger partial charge in [-0.25, -0.2) is 4.79 Å². The molecule has 0 aliphatic rings. The van der Waals surface area contributed by atoms with Gasteiger partial charge >= 0.3 is 5.97 Å². The first-order valence-corrected chi connectivity index (χ1v) is 7.19. The fourth-order valence-electron chi connectivity index (χ4n) is 1.76. The highest BCUT2D eigenvalue weighted by Gasteiger charge is 2.12. The maximum atomic E-state index is 11.9. The molecule has 0 unspecified atom stereocenters. The number of amides is 1. The molecule has 0 saturated carbocycles. The van der Waals surface area contributed by atoms with Crippen molar-refractivity contribution < 1.29 is 14.3 Å². The summed E-state index contributed by atoms with van der Waals surface area (Å²) in [6, 6.07) is 16.5. The number of ether oxygens (including phenoxy) is 1. The fraction of sp³-hybridized carbons (Fsp3) is 0.125. The molecule has 1 amide bonds. The fourth-order valence-corrected chi connectivity index (χ4v) is 2.47. The minimum Gasteiger partial charge on any atom is -0.465 e. The summed E-state index contributed by atoms with van der Waals surface area (Å²) in [5.41, 5.74) is 1.38. The molecular formula is C16H15NO3S. The second-order valence-corrected chi connectivity index (χ2v) is 5.13. The van der Waals surface area contributed by atoms with E-state index in [1.165, 1.54) is 7.11 Å². The topological polar surface area (TPSA) is 55.4 Å². The number of methoxy groups -OCH3 is 1. The van der Waals surface area contributed by atoms with Gasteiger partial charge in [0, 0.05) is 4.90 Å². The number of esters is 1. The van der Waals surface area contributed by atoms with E-state index < -0.39 is 5.97 Å². The molecule has 1 N–H and O–H groups in total. The van der Waals surface area contributed by atoms with Gasteiger partial charge in [0.15, 0.2) is 0 Å². The second-order valence-electron chi connectivity index (χ2n) is 4.28. The van der Waals surface area contributed by atoms with Gasteiger partial charge in [-0.05, 0) is 29.6 Å². The van der Waals surface area contributed by atoms with E-state index >= 15 is 0 Å². The van der Waals surface area contributed by atoms with Crippen LogP contribution in [0.25, 0.3) is 0 Å². The number of nitrogens with one attached hydrogen (secondary N) is 1. The van der Waals surface area contributed by atoms with Crippen molar-refractivity contribution in [1.29, 1.82) is 0 Å². The van der Waals surface area contributed by atoms with Gasteiger partial charge in [0.1, 0.15) is 0 Å². The standard InChI is InChI=1S/C16H15NO3S/c1-20-16(19)13-9-5-6-10-14(13)21-17-15(18)11-12-7-3-2-4-8-12/h2-10H,11H2,1H3,(H,17,18). The molecule has 0 spiro atoms. The quantitative estimate of drug-likeness (QED) is 0.681. The van der Waals surface area contributed by atoms with Gasteiger partial charge in [-0.1, -0.05) is 42.5 Å². The normalized spacial score (nSPS) is 9.95. The first kappa shape index (κ1) is 15.1. The molecule has 0 atom stereocenters. The number of carbonyl (C=O) groups is 2. The summed E-state index contributed by atoms with van der Waals surface area (Å²) < 4.78 is 7.45. The SMILES string of the molecule is COC(=O)c1ccccc1SNC(=O)Cc1ccccc1. The molecule has 0 aliphatic carbocycles. The van der Waals surface area contributed by atoms with E-state index in [4.69, 9.17) is 4.74 Å². The van der Waals surface area contributed by atoms with Crippen molar-refractivity contribution >= 4 is 23.8 Å². The third-order valence-electron chi connectivity index (χ3n) is 2.77. The van der Waals surface area contributed by atoms with Crippen molar-refractivity contribution in [3.63, 3.8) is 0 Å². The lowest BCUT2D eigenvalue weighted by Gasteiger charge is -2.08. The lowest BCUT2D eigenvalue weighted by atomic mass is 10.1. The van der Waals surface area contributed by atoms with E-state index in [9.17, 15) is 9.59 Å². The molecule has 4 nitrogen and oxygen atoms in total. The number of rotatable bonds is 5. The molecular weight excluding hydrogens is 286 g/mol. The Morgan fingerprint density at radius 3 is 2.43 bits per heavy atom. The predicted octanol–water partition coefficient (Wildman–Crippen LogP) is 2.84. The van der Waals surface area contributed by atoms with E-state index in [0.29, 0.717) is 16.9 Å². The zero-order chi connectivity index (χ0) is 15.1. The van der Waals surface area contributed by atoms with Crippen LogP contribution in [0.2, 0.25) is 0 Å². The summed E-state index contributed by atoms with van der Waals surface area (Å²) in [6.45, 7) is 0. The summed E-state index contributed by atoms with van der Waals surface area (Å²) in [5, 5.41) is 0. The highest BCUT2D eigenvalue weighted by Crippen LogP contribution is 2.20. The molecule has 21 heavy (non-hydrogen) atoms. The van der Waals surface area contributed by atoms with Crippen molar-refractivity contribution in [3.05, 3.63) is 65.7 Å². The van der Waals surface area contributed by atoms with Gasteiger partial charge in [-0.3, -0.25) is 9.52 Å². The molecule has 0 fully saturated rings. The van der Waals surface area contributed by atoms with Gasteiger partial charge in [0.2, 0.25) is 5.91 Å². The monoisotopic (exact) mass is 301 g/mol. The molecule has 0 saturated heterocycles. The zero-order valence-electron chi connectivity index (χ0n) is 11.5. The highest BCUT2D eigenvalue weighted by atomic mass is 32.2. The van der Waals surface area contributed by atoms with Crippen molar-refractivity contribution in [2.24, 2.45) is 0 Å². The van der Waals surface area contributed by atoms with E-state index in [1.807, 2.05) is 30.3 Å². The van der Waals surface area contributed by atoms with E-state index in [0.717, 1.165) is 17.5 Å². The van der Waals surface area contributed by atoms with Crippen molar-refractivity contribution in [3.8, 4) is 0 Å². The summed E-state index contributed by atoms with van der Waals surface area (Å²) in [6.07, 6.45) is 0.300. The van der Waals surface area contributed by atoms with Gasteiger partial charge in [0.25, 0.3) is 0 Å². The zero-order valence-corrected chi connectivity index (χ0v) is 12.4. The van der Waals surface area contributed by atoms with Crippen LogP contribution in [0.1, 0.15) is 15.9 Å². The Bertz CT molecular complexity index is 628. The van der Waals surface area contributed by atoms with Crippen LogP contribution >= 0.6 is 11.9 Å². The molecule has 2 rings (SSSR count). The van der Waals surface area contributed by atoms with E-state index in [2.05, 4.69) is 4.72 Å². The Balaban J connectivity index is 1.97. The van der Waals surface area contributed by atoms with Crippen LogP contribution in [0, 0.1) is 0 Å². The van der Waals surface area contributed by atoms with Crippen molar-refractivity contribution in [2.45, 2.75) is 11.3 Å². The maximum absolute atomic E-state index is 11.9. The number of benzene rings is 2. The average Bonchev–Trinajstić information content (AvgIpc) is 2.53. The number of hydrogen-bond acceptors (Lipinski definition) is 4. The minimum atomic E-state index is -0.421. The molecule has 5 heteroatoms. The summed E-state index contributed by atoms with van der Waals surface area (Å²) >= 11 is 1.12. The van der Waals surface area contributed by atoms with Crippen LogP contribution in [0.3, 0.4) is 0 Å². The third kappa shape index (κ3) is 4.36. The Hall–Kier alpha value is -2.27. The first-order valence-electron chi connectivity index (χ1n) is 6.37. The molecule has 0 aliphatic heterocycles. The summed E-state index contributed by atoms with van der Waals surface area (Å²) in [7, 11) is 1.33. The highest BCUT2D eigenvalue weighted by molar-refractivity contribution is 7.98. The average molecular weight is 301 g/mol. The van der Waals surface area contributed by atoms with Gasteiger partial charge in [-0.15, -0.1) is 0 Å². The summed E-state index contributed by atoms with van der Waals surface area (Å²) in [5.74, 6) is -0.540. The van der Waals surface area contributed by atoms with Crippen LogP contribution in [0.15, 0.2) is 59.5 Å². The van der Waals surface area contributed by atoms with E-state index in [-0.39, 0.29) is 5.91 Å². The Morgan fingerprint density at radius 1 is 1.05 bits per heavy atom. The Labute approximate surface area is 127 Å². The Morgan fingerprint density at radius 2 is 1.71 bits per heavy atom. The summed E-state index contributed by atoms with van der Waals surface area (Å²) in [4.78, 5) is 24.2. The largest absolute Gasteiger partial charge is 0.465 e. The molecule has 2 aromatic carbocycles. The number of carbonyl (C=O) groups excluding carboxylic acids is 2. The molecule has 0 radical (unpaired) electrons. The second kappa shape index (κ2) is 7.50. The third-order valence-corrected chi connectivity index (χ3v) is 3.68.